The van der Waals surface area contributed by atoms with Crippen molar-refractivity contribution in [2.45, 2.75) is 30.7 Å². The predicted octanol–water partition coefficient (Wildman–Crippen LogP) is 0.353. The fourth-order valence-electron chi connectivity index (χ4n) is 3.54. The van der Waals surface area contributed by atoms with Crippen LogP contribution in [0.5, 0.6) is 17.2 Å². The van der Waals surface area contributed by atoms with E-state index in [1.165, 1.54) is 31.4 Å². The lowest BCUT2D eigenvalue weighted by Crippen LogP contribution is -2.60. The first kappa shape index (κ1) is 22.1. The Morgan fingerprint density at radius 1 is 1.03 bits per heavy atom. The van der Waals surface area contributed by atoms with E-state index in [0.29, 0.717) is 5.56 Å². The number of benzene rings is 2. The summed E-state index contributed by atoms with van der Waals surface area (Å²) in [5, 5.41) is 49.7. The lowest BCUT2D eigenvalue weighted by Gasteiger charge is -2.39. The fraction of sp³-hybridized carbons (Fsp3) is 0.318. The maximum Gasteiger partial charge on any atom is 0.229 e. The van der Waals surface area contributed by atoms with E-state index >= 15 is 0 Å². The van der Waals surface area contributed by atoms with Gasteiger partial charge in [-0.2, -0.15) is 0 Å². The van der Waals surface area contributed by atoms with E-state index in [1.54, 1.807) is 18.2 Å². The van der Waals surface area contributed by atoms with Gasteiger partial charge in [-0.3, -0.25) is 4.79 Å². The second-order valence-electron chi connectivity index (χ2n) is 7.31. The number of phenolic OH excluding ortho intramolecular Hbond substituents is 1. The van der Waals surface area contributed by atoms with Crippen molar-refractivity contribution < 1.29 is 44.2 Å². The number of hydrogen-bond acceptors (Lipinski definition) is 10. The third-order valence-corrected chi connectivity index (χ3v) is 5.26. The van der Waals surface area contributed by atoms with Crippen molar-refractivity contribution in [2.24, 2.45) is 0 Å². The molecule has 3 aromatic rings. The van der Waals surface area contributed by atoms with Crippen molar-refractivity contribution in [2.75, 3.05) is 13.7 Å². The van der Waals surface area contributed by atoms with Gasteiger partial charge in [-0.25, -0.2) is 0 Å². The standard InChI is InChI=1S/C22H22O10/c1-29-10-6-15-18(13(25)8-14(30-15)11-4-2-3-5-12(11)24)16(7-10)31-22-21(28)20(27)19(26)17(9-23)32-22/h2-8,17,19-24,26-28H,9H2,1H3/t17-,19+,20-,21+,22+/m0/s1. The molecule has 1 aliphatic rings. The molecule has 5 N–H and O–H groups in total. The Labute approximate surface area is 181 Å². The van der Waals surface area contributed by atoms with Crippen LogP contribution in [-0.2, 0) is 4.74 Å². The quantitative estimate of drug-likeness (QED) is 0.370. The monoisotopic (exact) mass is 446 g/mol. The van der Waals surface area contributed by atoms with Crippen LogP contribution in [-0.4, -0.2) is 70.0 Å². The minimum Gasteiger partial charge on any atom is -0.507 e. The van der Waals surface area contributed by atoms with Gasteiger partial charge in [-0.05, 0) is 12.1 Å². The van der Waals surface area contributed by atoms with Crippen LogP contribution < -0.4 is 14.9 Å². The lowest BCUT2D eigenvalue weighted by molar-refractivity contribution is -0.277. The number of para-hydroxylation sites is 1. The van der Waals surface area contributed by atoms with Gasteiger partial charge in [0.1, 0.15) is 58.4 Å². The Morgan fingerprint density at radius 2 is 1.78 bits per heavy atom. The molecule has 10 nitrogen and oxygen atoms in total. The molecule has 1 saturated heterocycles. The predicted molar refractivity (Wildman–Crippen MR) is 111 cm³/mol. The molecular formula is C22H22O10. The maximum absolute atomic E-state index is 13.0. The summed E-state index contributed by atoms with van der Waals surface area (Å²) in [6, 6.07) is 10.4. The average Bonchev–Trinajstić information content (AvgIpc) is 2.79. The van der Waals surface area contributed by atoms with Crippen molar-refractivity contribution in [1.29, 1.82) is 0 Å². The second-order valence-corrected chi connectivity index (χ2v) is 7.31. The smallest absolute Gasteiger partial charge is 0.229 e. The summed E-state index contributed by atoms with van der Waals surface area (Å²) in [4.78, 5) is 13.0. The van der Waals surface area contributed by atoms with E-state index < -0.39 is 42.7 Å². The molecule has 0 aliphatic carbocycles. The third-order valence-electron chi connectivity index (χ3n) is 5.26. The summed E-state index contributed by atoms with van der Waals surface area (Å²) in [6.45, 7) is -0.629. The van der Waals surface area contributed by atoms with E-state index in [4.69, 9.17) is 18.6 Å². The highest BCUT2D eigenvalue weighted by Crippen LogP contribution is 2.35. The molecule has 0 radical (unpaired) electrons. The summed E-state index contributed by atoms with van der Waals surface area (Å²) < 4.78 is 22.1. The highest BCUT2D eigenvalue weighted by molar-refractivity contribution is 5.86. The van der Waals surface area contributed by atoms with Crippen LogP contribution in [0.2, 0.25) is 0 Å². The molecule has 170 valence electrons. The molecule has 0 bridgehead atoms. The second kappa shape index (κ2) is 8.77. The molecule has 2 aromatic carbocycles. The van der Waals surface area contributed by atoms with Crippen molar-refractivity contribution >= 4 is 11.0 Å². The minimum atomic E-state index is -1.67. The summed E-state index contributed by atoms with van der Waals surface area (Å²) >= 11 is 0. The zero-order valence-electron chi connectivity index (χ0n) is 16.9. The van der Waals surface area contributed by atoms with Crippen LogP contribution in [0.3, 0.4) is 0 Å². The summed E-state index contributed by atoms with van der Waals surface area (Å²) in [5.74, 6) is 0.235. The number of methoxy groups -OCH3 is 1. The molecule has 0 amide bonds. The number of rotatable bonds is 5. The Balaban J connectivity index is 1.80. The fourth-order valence-corrected chi connectivity index (χ4v) is 3.54. The van der Waals surface area contributed by atoms with Gasteiger partial charge < -0.3 is 44.2 Å². The van der Waals surface area contributed by atoms with E-state index in [2.05, 4.69) is 0 Å². The number of ether oxygens (including phenoxy) is 3. The zero-order chi connectivity index (χ0) is 23.0. The Hall–Kier alpha value is -3.15. The number of aromatic hydroxyl groups is 1. The first-order valence-electron chi connectivity index (χ1n) is 9.75. The van der Waals surface area contributed by atoms with Gasteiger partial charge in [0, 0.05) is 18.2 Å². The first-order chi connectivity index (χ1) is 15.3. The average molecular weight is 446 g/mol. The summed E-state index contributed by atoms with van der Waals surface area (Å²) in [5.41, 5.74) is -0.118. The molecule has 0 saturated carbocycles. The van der Waals surface area contributed by atoms with E-state index in [9.17, 15) is 30.3 Å². The van der Waals surface area contributed by atoms with Crippen molar-refractivity contribution in [3.05, 3.63) is 52.7 Å². The minimum absolute atomic E-state index is 0.00179. The number of hydrogen-bond donors (Lipinski definition) is 5. The van der Waals surface area contributed by atoms with Gasteiger partial charge in [0.15, 0.2) is 5.43 Å². The number of aliphatic hydroxyl groups is 4. The van der Waals surface area contributed by atoms with Crippen molar-refractivity contribution in [3.8, 4) is 28.6 Å². The molecule has 1 aliphatic heterocycles. The molecule has 2 heterocycles. The molecule has 0 spiro atoms. The van der Waals surface area contributed by atoms with Crippen molar-refractivity contribution in [3.63, 3.8) is 0 Å². The number of phenols is 1. The van der Waals surface area contributed by atoms with Gasteiger partial charge in [0.2, 0.25) is 6.29 Å². The Bertz CT molecular complexity index is 1170. The zero-order valence-corrected chi connectivity index (χ0v) is 16.9. The molecular weight excluding hydrogens is 424 g/mol. The van der Waals surface area contributed by atoms with Gasteiger partial charge >= 0.3 is 0 Å². The SMILES string of the molecule is COc1cc(O[C@@H]2O[C@@H](CO)[C@@H](O)[C@H](O)[C@H]2O)c2c(=O)cc(-c3ccccc3O)oc2c1. The summed E-state index contributed by atoms with van der Waals surface area (Å²) in [6.07, 6.45) is -7.55. The summed E-state index contributed by atoms with van der Waals surface area (Å²) in [7, 11) is 1.39. The highest BCUT2D eigenvalue weighted by Gasteiger charge is 2.45. The maximum atomic E-state index is 13.0. The number of fused-ring (bicyclic) bond motifs is 1. The molecule has 32 heavy (non-hydrogen) atoms. The van der Waals surface area contributed by atoms with Gasteiger partial charge in [0.05, 0.1) is 19.3 Å². The normalized spacial score (nSPS) is 25.6. The lowest BCUT2D eigenvalue weighted by atomic mass is 9.99. The first-order valence-corrected chi connectivity index (χ1v) is 9.75. The molecule has 5 atom stereocenters. The molecule has 10 heteroatoms. The van der Waals surface area contributed by atoms with Gasteiger partial charge in [-0.15, -0.1) is 0 Å². The van der Waals surface area contributed by atoms with E-state index in [1.807, 2.05) is 0 Å². The van der Waals surface area contributed by atoms with Crippen LogP contribution in [0.25, 0.3) is 22.3 Å². The van der Waals surface area contributed by atoms with Crippen LogP contribution in [0.1, 0.15) is 0 Å². The van der Waals surface area contributed by atoms with E-state index in [0.717, 1.165) is 0 Å². The Morgan fingerprint density at radius 3 is 2.47 bits per heavy atom. The topological polar surface area (TPSA) is 159 Å². The van der Waals surface area contributed by atoms with Gasteiger partial charge in [-0.1, -0.05) is 12.1 Å². The Kier molecular flexibility index (Phi) is 6.04. The molecule has 1 aromatic heterocycles. The van der Waals surface area contributed by atoms with Gasteiger partial charge in [0.25, 0.3) is 0 Å². The molecule has 4 rings (SSSR count). The van der Waals surface area contributed by atoms with Crippen LogP contribution in [0.4, 0.5) is 0 Å². The largest absolute Gasteiger partial charge is 0.507 e. The third kappa shape index (κ3) is 3.90. The van der Waals surface area contributed by atoms with E-state index in [-0.39, 0.29) is 34.0 Å². The van der Waals surface area contributed by atoms with Crippen LogP contribution >= 0.6 is 0 Å². The highest BCUT2D eigenvalue weighted by atomic mass is 16.7. The molecule has 0 unspecified atom stereocenters. The van der Waals surface area contributed by atoms with Crippen molar-refractivity contribution in [1.82, 2.24) is 0 Å². The van der Waals surface area contributed by atoms with Crippen LogP contribution in [0, 0.1) is 0 Å². The number of aliphatic hydroxyl groups excluding tert-OH is 4. The molecule has 1 fully saturated rings. The van der Waals surface area contributed by atoms with Crippen LogP contribution in [0.15, 0.2) is 51.7 Å².